The van der Waals surface area contributed by atoms with Crippen LogP contribution in [0.15, 0.2) is 6.07 Å². The summed E-state index contributed by atoms with van der Waals surface area (Å²) < 4.78 is 0. The molecule has 0 aliphatic heterocycles. The van der Waals surface area contributed by atoms with Gasteiger partial charge in [-0.15, -0.1) is 0 Å². The number of anilines is 2. The third kappa shape index (κ3) is 3.82. The molecule has 1 saturated carbocycles. The molecule has 1 aromatic rings. The lowest BCUT2D eigenvalue weighted by Gasteiger charge is -2.26. The van der Waals surface area contributed by atoms with Gasteiger partial charge in [-0.05, 0) is 39.5 Å². The molecule has 2 N–H and O–H groups in total. The fourth-order valence-corrected chi connectivity index (χ4v) is 2.02. The van der Waals surface area contributed by atoms with Crippen LogP contribution in [0.25, 0.3) is 0 Å². The van der Waals surface area contributed by atoms with Crippen LogP contribution in [-0.4, -0.2) is 22.1 Å². The van der Waals surface area contributed by atoms with Crippen molar-refractivity contribution in [2.75, 3.05) is 17.2 Å². The van der Waals surface area contributed by atoms with E-state index < -0.39 is 5.54 Å². The van der Waals surface area contributed by atoms with E-state index in [4.69, 9.17) is 5.26 Å². The highest BCUT2D eigenvalue weighted by atomic mass is 15.1. The van der Waals surface area contributed by atoms with E-state index in [2.05, 4.69) is 26.7 Å². The average molecular weight is 259 g/mol. The van der Waals surface area contributed by atoms with E-state index in [0.717, 1.165) is 18.3 Å². The molecule has 0 amide bonds. The second kappa shape index (κ2) is 5.43. The van der Waals surface area contributed by atoms with Crippen molar-refractivity contribution in [1.82, 2.24) is 9.97 Å². The monoisotopic (exact) mass is 259 g/mol. The van der Waals surface area contributed by atoms with Crippen LogP contribution in [0, 0.1) is 24.2 Å². The van der Waals surface area contributed by atoms with Gasteiger partial charge in [-0.2, -0.15) is 5.26 Å². The summed E-state index contributed by atoms with van der Waals surface area (Å²) in [6.07, 6.45) is 3.96. The van der Waals surface area contributed by atoms with Gasteiger partial charge in [0, 0.05) is 12.6 Å². The summed E-state index contributed by atoms with van der Waals surface area (Å²) in [7, 11) is 0. The Morgan fingerprint density at radius 3 is 2.63 bits per heavy atom. The van der Waals surface area contributed by atoms with E-state index in [1.165, 1.54) is 19.3 Å². The summed E-state index contributed by atoms with van der Waals surface area (Å²) in [5, 5.41) is 15.5. The molecule has 1 heterocycles. The van der Waals surface area contributed by atoms with E-state index in [1.807, 2.05) is 26.8 Å². The molecule has 0 aromatic carbocycles. The lowest BCUT2D eigenvalue weighted by Crippen LogP contribution is -2.29. The highest BCUT2D eigenvalue weighted by Crippen LogP contribution is 2.26. The minimum atomic E-state index is -0.633. The van der Waals surface area contributed by atoms with Crippen molar-refractivity contribution in [1.29, 1.82) is 5.26 Å². The SMILES string of the molecule is Cc1nc(NCC2CCC2)cc(NC(C)(C)C#N)n1. The molecule has 0 unspecified atom stereocenters. The Hall–Kier alpha value is -1.83. The predicted octanol–water partition coefficient (Wildman–Crippen LogP) is 2.71. The van der Waals surface area contributed by atoms with E-state index in [1.54, 1.807) is 0 Å². The molecule has 1 aliphatic carbocycles. The van der Waals surface area contributed by atoms with Crippen LogP contribution in [0.3, 0.4) is 0 Å². The molecule has 1 fully saturated rings. The first-order chi connectivity index (χ1) is 8.98. The van der Waals surface area contributed by atoms with Crippen LogP contribution >= 0.6 is 0 Å². The topological polar surface area (TPSA) is 73.6 Å². The lowest BCUT2D eigenvalue weighted by atomic mass is 9.85. The number of aromatic nitrogens is 2. The summed E-state index contributed by atoms with van der Waals surface area (Å²) in [4.78, 5) is 8.69. The lowest BCUT2D eigenvalue weighted by molar-refractivity contribution is 0.333. The number of aryl methyl sites for hydroxylation is 1. The smallest absolute Gasteiger partial charge is 0.133 e. The Kier molecular flexibility index (Phi) is 3.89. The zero-order valence-corrected chi connectivity index (χ0v) is 11.8. The molecule has 0 spiro atoms. The van der Waals surface area contributed by atoms with Crippen LogP contribution in [0.4, 0.5) is 11.6 Å². The second-order valence-corrected chi connectivity index (χ2v) is 5.73. The number of nitriles is 1. The van der Waals surface area contributed by atoms with Crippen molar-refractivity contribution in [2.45, 2.75) is 45.6 Å². The number of rotatable bonds is 5. The van der Waals surface area contributed by atoms with Crippen molar-refractivity contribution in [2.24, 2.45) is 5.92 Å². The van der Waals surface area contributed by atoms with Gasteiger partial charge in [0.05, 0.1) is 6.07 Å². The fraction of sp³-hybridized carbons (Fsp3) is 0.643. The largest absolute Gasteiger partial charge is 0.370 e. The Balaban J connectivity index is 2.03. The highest BCUT2D eigenvalue weighted by Gasteiger charge is 2.19. The molecule has 5 nitrogen and oxygen atoms in total. The van der Waals surface area contributed by atoms with E-state index in [9.17, 15) is 0 Å². The van der Waals surface area contributed by atoms with Crippen molar-refractivity contribution in [3.8, 4) is 6.07 Å². The molecule has 2 rings (SSSR count). The Labute approximate surface area is 114 Å². The van der Waals surface area contributed by atoms with Crippen molar-refractivity contribution in [3.63, 3.8) is 0 Å². The molecule has 102 valence electrons. The summed E-state index contributed by atoms with van der Waals surface area (Å²) in [5.41, 5.74) is -0.633. The summed E-state index contributed by atoms with van der Waals surface area (Å²) in [6.45, 7) is 6.48. The molecule has 1 aromatic heterocycles. The minimum Gasteiger partial charge on any atom is -0.370 e. The third-order valence-electron chi connectivity index (χ3n) is 3.35. The minimum absolute atomic E-state index is 0.633. The Morgan fingerprint density at radius 1 is 1.37 bits per heavy atom. The van der Waals surface area contributed by atoms with Crippen molar-refractivity contribution < 1.29 is 0 Å². The normalized spacial score (nSPS) is 15.5. The maximum absolute atomic E-state index is 9.04. The molecule has 0 radical (unpaired) electrons. The van der Waals surface area contributed by atoms with Crippen molar-refractivity contribution >= 4 is 11.6 Å². The van der Waals surface area contributed by atoms with E-state index >= 15 is 0 Å². The van der Waals surface area contributed by atoms with Gasteiger partial charge in [-0.25, -0.2) is 9.97 Å². The van der Waals surface area contributed by atoms with E-state index in [0.29, 0.717) is 11.6 Å². The predicted molar refractivity (Wildman–Crippen MR) is 75.9 cm³/mol. The Bertz CT molecular complexity index is 485. The number of hydrogen-bond donors (Lipinski definition) is 2. The summed E-state index contributed by atoms with van der Waals surface area (Å²) >= 11 is 0. The van der Waals surface area contributed by atoms with Gasteiger partial charge in [0.15, 0.2) is 0 Å². The van der Waals surface area contributed by atoms with Gasteiger partial charge in [-0.3, -0.25) is 0 Å². The maximum Gasteiger partial charge on any atom is 0.133 e. The quantitative estimate of drug-likeness (QED) is 0.850. The van der Waals surface area contributed by atoms with Gasteiger partial charge >= 0.3 is 0 Å². The second-order valence-electron chi connectivity index (χ2n) is 5.73. The molecule has 0 atom stereocenters. The van der Waals surface area contributed by atoms with Gasteiger partial charge < -0.3 is 10.6 Å². The molecule has 0 saturated heterocycles. The molecule has 19 heavy (non-hydrogen) atoms. The number of nitrogens with zero attached hydrogens (tertiary/aromatic N) is 3. The third-order valence-corrected chi connectivity index (χ3v) is 3.35. The van der Waals surface area contributed by atoms with Crippen molar-refractivity contribution in [3.05, 3.63) is 11.9 Å². The number of nitrogens with one attached hydrogen (secondary N) is 2. The molecule has 1 aliphatic rings. The van der Waals surface area contributed by atoms with Gasteiger partial charge in [0.1, 0.15) is 23.0 Å². The summed E-state index contributed by atoms with van der Waals surface area (Å²) in [6, 6.07) is 4.07. The fourth-order valence-electron chi connectivity index (χ4n) is 2.02. The zero-order valence-electron chi connectivity index (χ0n) is 11.8. The molecular formula is C14H21N5. The molecule has 5 heteroatoms. The van der Waals surface area contributed by atoms with Crippen LogP contribution in [0.2, 0.25) is 0 Å². The molecule has 0 bridgehead atoms. The first-order valence-corrected chi connectivity index (χ1v) is 6.77. The van der Waals surface area contributed by atoms with Crippen LogP contribution in [-0.2, 0) is 0 Å². The average Bonchev–Trinajstić information content (AvgIpc) is 2.25. The van der Waals surface area contributed by atoms with Crippen LogP contribution in [0.1, 0.15) is 38.9 Å². The van der Waals surface area contributed by atoms with Crippen LogP contribution < -0.4 is 10.6 Å². The van der Waals surface area contributed by atoms with Gasteiger partial charge in [0.25, 0.3) is 0 Å². The standard InChI is InChI=1S/C14H21N5/c1-10-17-12(16-8-11-5-4-6-11)7-13(18-10)19-14(2,3)9-15/h7,11H,4-6,8H2,1-3H3,(H2,16,17,18,19). The van der Waals surface area contributed by atoms with Crippen LogP contribution in [0.5, 0.6) is 0 Å². The first-order valence-electron chi connectivity index (χ1n) is 6.77. The number of hydrogen-bond acceptors (Lipinski definition) is 5. The van der Waals surface area contributed by atoms with E-state index in [-0.39, 0.29) is 0 Å². The zero-order chi connectivity index (χ0) is 13.9. The Morgan fingerprint density at radius 2 is 2.05 bits per heavy atom. The highest BCUT2D eigenvalue weighted by molar-refractivity contribution is 5.49. The first kappa shape index (κ1) is 13.6. The summed E-state index contributed by atoms with van der Waals surface area (Å²) in [5.74, 6) is 3.00. The van der Waals surface area contributed by atoms with Gasteiger partial charge in [0.2, 0.25) is 0 Å². The maximum atomic E-state index is 9.04. The molecular weight excluding hydrogens is 238 g/mol. The van der Waals surface area contributed by atoms with Gasteiger partial charge in [-0.1, -0.05) is 6.42 Å².